The maximum atomic E-state index is 13.3. The summed E-state index contributed by atoms with van der Waals surface area (Å²) in [5, 5.41) is 1.52. The summed E-state index contributed by atoms with van der Waals surface area (Å²) in [5.74, 6) is 0. The van der Waals surface area contributed by atoms with E-state index in [1.807, 2.05) is 24.3 Å². The highest BCUT2D eigenvalue weighted by Gasteiger charge is 2.18. The molecule has 29 heavy (non-hydrogen) atoms. The van der Waals surface area contributed by atoms with Crippen LogP contribution in [0.25, 0.3) is 20.2 Å². The molecule has 0 saturated carbocycles. The molecule has 0 atom stereocenters. The lowest BCUT2D eigenvalue weighted by Crippen LogP contribution is -2.35. The van der Waals surface area contributed by atoms with Gasteiger partial charge < -0.3 is 9.64 Å². The van der Waals surface area contributed by atoms with Gasteiger partial charge in [-0.3, -0.25) is 4.79 Å². The second kappa shape index (κ2) is 8.54. The van der Waals surface area contributed by atoms with Gasteiger partial charge in [0.15, 0.2) is 5.43 Å². The van der Waals surface area contributed by atoms with E-state index < -0.39 is 0 Å². The first-order valence-electron chi connectivity index (χ1n) is 10.5. The van der Waals surface area contributed by atoms with Gasteiger partial charge in [-0.25, -0.2) is 4.79 Å². The average Bonchev–Trinajstić information content (AvgIpc) is 2.77. The van der Waals surface area contributed by atoms with Crippen LogP contribution in [0.3, 0.4) is 0 Å². The van der Waals surface area contributed by atoms with Crippen molar-refractivity contribution in [2.24, 2.45) is 0 Å². The molecule has 4 nitrogen and oxygen atoms in total. The predicted molar refractivity (Wildman–Crippen MR) is 120 cm³/mol. The second-order valence-electron chi connectivity index (χ2n) is 7.70. The highest BCUT2D eigenvalue weighted by molar-refractivity contribution is 7.24. The lowest BCUT2D eigenvalue weighted by atomic mass is 10.0. The maximum absolute atomic E-state index is 13.3. The van der Waals surface area contributed by atoms with Crippen LogP contribution in [0.2, 0.25) is 0 Å². The molecule has 1 saturated heterocycles. The zero-order chi connectivity index (χ0) is 20.4. The summed E-state index contributed by atoms with van der Waals surface area (Å²) in [6, 6.07) is 10.1. The molecule has 1 aromatic heterocycles. The van der Waals surface area contributed by atoms with Crippen LogP contribution in [-0.4, -0.2) is 24.1 Å². The average molecular weight is 410 g/mol. The number of fused-ring (bicyclic) bond motifs is 2. The largest absolute Gasteiger partial charge is 0.445 e. The van der Waals surface area contributed by atoms with Crippen LogP contribution < -0.4 is 5.43 Å². The lowest BCUT2D eigenvalue weighted by Gasteiger charge is -2.25. The molecule has 1 amide bonds. The molecule has 0 unspecified atom stereocenters. The highest BCUT2D eigenvalue weighted by atomic mass is 32.1. The van der Waals surface area contributed by atoms with E-state index in [1.54, 1.807) is 16.2 Å². The van der Waals surface area contributed by atoms with Gasteiger partial charge in [0.1, 0.15) is 6.61 Å². The van der Waals surface area contributed by atoms with Crippen LogP contribution >= 0.6 is 11.3 Å². The number of carbonyl (C=O) groups excluding carboxylic acids is 1. The van der Waals surface area contributed by atoms with Gasteiger partial charge in [-0.05, 0) is 67.0 Å². The van der Waals surface area contributed by atoms with Gasteiger partial charge in [-0.1, -0.05) is 26.0 Å². The molecule has 0 spiro atoms. The molecule has 1 aliphatic heterocycles. The van der Waals surface area contributed by atoms with Crippen molar-refractivity contribution in [3.63, 3.8) is 0 Å². The fraction of sp³-hybridized carbons (Fsp3) is 0.417. The van der Waals surface area contributed by atoms with Crippen molar-refractivity contribution >= 4 is 37.6 Å². The van der Waals surface area contributed by atoms with Crippen molar-refractivity contribution in [3.8, 4) is 0 Å². The van der Waals surface area contributed by atoms with E-state index >= 15 is 0 Å². The standard InChI is InChI=1S/C24H27NO3S/c1-3-16-12-18(4-2)23-20(13-16)22(26)19-14-17(8-9-21(19)29-23)15-28-24(27)25-10-6-5-7-11-25/h8-9,12-14H,3-7,10-11,15H2,1-2H3. The van der Waals surface area contributed by atoms with Crippen molar-refractivity contribution in [1.29, 1.82) is 0 Å². The van der Waals surface area contributed by atoms with E-state index in [0.717, 1.165) is 59.1 Å². The Kier molecular flexibility index (Phi) is 5.86. The zero-order valence-corrected chi connectivity index (χ0v) is 17.9. The van der Waals surface area contributed by atoms with Crippen LogP contribution in [0.4, 0.5) is 4.79 Å². The monoisotopic (exact) mass is 409 g/mol. The van der Waals surface area contributed by atoms with Gasteiger partial charge in [0, 0.05) is 33.3 Å². The van der Waals surface area contributed by atoms with Crippen LogP contribution in [0, 0.1) is 0 Å². The molecule has 3 aromatic rings. The third-order valence-corrected chi connectivity index (χ3v) is 7.00. The number of carbonyl (C=O) groups is 1. The molecule has 0 N–H and O–H groups in total. The fourth-order valence-electron chi connectivity index (χ4n) is 4.01. The Balaban J connectivity index is 1.66. The summed E-state index contributed by atoms with van der Waals surface area (Å²) in [6.45, 7) is 5.99. The van der Waals surface area contributed by atoms with Crippen molar-refractivity contribution in [3.05, 3.63) is 57.2 Å². The number of amides is 1. The number of hydrogen-bond acceptors (Lipinski definition) is 4. The number of likely N-dealkylation sites (tertiary alicyclic amines) is 1. The van der Waals surface area contributed by atoms with Gasteiger partial charge in [-0.2, -0.15) is 0 Å². The first-order chi connectivity index (χ1) is 14.1. The lowest BCUT2D eigenvalue weighted by molar-refractivity contribution is 0.0895. The van der Waals surface area contributed by atoms with E-state index in [2.05, 4.69) is 19.9 Å². The number of hydrogen-bond donors (Lipinski definition) is 0. The van der Waals surface area contributed by atoms with Crippen molar-refractivity contribution in [2.75, 3.05) is 13.1 Å². The Morgan fingerprint density at radius 3 is 2.48 bits per heavy atom. The Morgan fingerprint density at radius 1 is 1.00 bits per heavy atom. The molecule has 1 aliphatic rings. The minimum atomic E-state index is -0.256. The van der Waals surface area contributed by atoms with E-state index in [-0.39, 0.29) is 18.1 Å². The van der Waals surface area contributed by atoms with E-state index in [9.17, 15) is 9.59 Å². The third kappa shape index (κ3) is 4.01. The molecule has 1 fully saturated rings. The fourth-order valence-corrected chi connectivity index (χ4v) is 5.23. The van der Waals surface area contributed by atoms with Crippen molar-refractivity contribution < 1.29 is 9.53 Å². The van der Waals surface area contributed by atoms with Crippen molar-refractivity contribution in [2.45, 2.75) is 52.6 Å². The quantitative estimate of drug-likeness (QED) is 0.522. The predicted octanol–water partition coefficient (Wildman–Crippen LogP) is 5.66. The first-order valence-corrected chi connectivity index (χ1v) is 11.3. The van der Waals surface area contributed by atoms with Crippen LogP contribution in [0.5, 0.6) is 0 Å². The molecule has 2 heterocycles. The topological polar surface area (TPSA) is 46.6 Å². The van der Waals surface area contributed by atoms with Crippen LogP contribution in [-0.2, 0) is 24.2 Å². The van der Waals surface area contributed by atoms with Gasteiger partial charge in [0.2, 0.25) is 0 Å². The third-order valence-electron chi connectivity index (χ3n) is 5.74. The summed E-state index contributed by atoms with van der Waals surface area (Å²) in [7, 11) is 0. The van der Waals surface area contributed by atoms with E-state index in [4.69, 9.17) is 4.74 Å². The van der Waals surface area contributed by atoms with E-state index in [1.165, 1.54) is 17.5 Å². The summed E-state index contributed by atoms with van der Waals surface area (Å²) in [6.07, 6.45) is 4.83. The SMILES string of the molecule is CCc1cc(CC)c2sc3ccc(COC(=O)N4CCCCC4)cc3c(=O)c2c1. The first kappa shape index (κ1) is 19.9. The summed E-state index contributed by atoms with van der Waals surface area (Å²) >= 11 is 1.68. The zero-order valence-electron chi connectivity index (χ0n) is 17.1. The Morgan fingerprint density at radius 2 is 1.76 bits per heavy atom. The Bertz CT molecular complexity index is 1110. The molecule has 0 bridgehead atoms. The van der Waals surface area contributed by atoms with Crippen LogP contribution in [0.15, 0.2) is 35.1 Å². The molecular formula is C24H27NO3S. The maximum Gasteiger partial charge on any atom is 0.410 e. The summed E-state index contributed by atoms with van der Waals surface area (Å²) in [4.78, 5) is 27.3. The Hall–Kier alpha value is -2.40. The molecule has 2 aromatic carbocycles. The van der Waals surface area contributed by atoms with Gasteiger partial charge in [-0.15, -0.1) is 11.3 Å². The number of benzene rings is 2. The minimum absolute atomic E-state index is 0.0722. The molecule has 0 radical (unpaired) electrons. The second-order valence-corrected chi connectivity index (χ2v) is 8.75. The molecule has 152 valence electrons. The van der Waals surface area contributed by atoms with Crippen LogP contribution in [0.1, 0.15) is 49.8 Å². The smallest absolute Gasteiger partial charge is 0.410 e. The molecular weight excluding hydrogens is 382 g/mol. The number of rotatable bonds is 4. The van der Waals surface area contributed by atoms with Gasteiger partial charge >= 0.3 is 6.09 Å². The molecule has 4 rings (SSSR count). The number of nitrogens with zero attached hydrogens (tertiary/aromatic N) is 1. The van der Waals surface area contributed by atoms with Gasteiger partial charge in [0.25, 0.3) is 0 Å². The Labute approximate surface area is 175 Å². The highest BCUT2D eigenvalue weighted by Crippen LogP contribution is 2.30. The minimum Gasteiger partial charge on any atom is -0.445 e. The summed E-state index contributed by atoms with van der Waals surface area (Å²) in [5.41, 5.74) is 3.37. The van der Waals surface area contributed by atoms with Crippen molar-refractivity contribution in [1.82, 2.24) is 4.90 Å². The van der Waals surface area contributed by atoms with Gasteiger partial charge in [0.05, 0.1) is 0 Å². The molecule has 5 heteroatoms. The number of piperidine rings is 1. The van der Waals surface area contributed by atoms with E-state index in [0.29, 0.717) is 5.39 Å². The number of aryl methyl sites for hydroxylation is 2. The number of ether oxygens (including phenoxy) is 1. The molecule has 0 aliphatic carbocycles. The summed E-state index contributed by atoms with van der Waals surface area (Å²) < 4.78 is 7.57. The normalized spacial score (nSPS) is 14.5.